The number of anilines is 3. The molecule has 5 heterocycles. The van der Waals surface area contributed by atoms with Gasteiger partial charge in [-0.3, -0.25) is 4.79 Å². The van der Waals surface area contributed by atoms with Gasteiger partial charge in [0.15, 0.2) is 23.4 Å². The van der Waals surface area contributed by atoms with Crippen LogP contribution in [0.1, 0.15) is 44.0 Å². The molecule has 2 saturated heterocycles. The number of hydrogen-bond donors (Lipinski definition) is 2. The SMILES string of the molecule is COc1cc(-n2cnc(Nc3nc(N4CCC[C@H]4C(N)=O)nc4c3c(C)nn4C3CCCCO3)c2)cc(OC)c1OC. The zero-order chi connectivity index (χ0) is 29.4. The van der Waals surface area contributed by atoms with E-state index >= 15 is 0 Å². The number of imidazole rings is 1. The lowest BCUT2D eigenvalue weighted by atomic mass is 10.2. The van der Waals surface area contributed by atoms with Gasteiger partial charge in [-0.05, 0) is 39.0 Å². The van der Waals surface area contributed by atoms with E-state index in [2.05, 4.69) is 10.3 Å². The molecule has 0 radical (unpaired) electrons. The summed E-state index contributed by atoms with van der Waals surface area (Å²) in [5, 5.41) is 8.95. The van der Waals surface area contributed by atoms with Crippen LogP contribution in [0, 0.1) is 6.92 Å². The van der Waals surface area contributed by atoms with Crippen LogP contribution >= 0.6 is 0 Å². The summed E-state index contributed by atoms with van der Waals surface area (Å²) in [5.74, 6) is 2.65. The highest BCUT2D eigenvalue weighted by molar-refractivity contribution is 5.92. The minimum atomic E-state index is -0.474. The fourth-order valence-corrected chi connectivity index (χ4v) is 5.70. The van der Waals surface area contributed by atoms with Crippen molar-refractivity contribution in [1.82, 2.24) is 29.3 Å². The highest BCUT2D eigenvalue weighted by Gasteiger charge is 2.33. The minimum Gasteiger partial charge on any atom is -0.493 e. The average molecular weight is 578 g/mol. The number of nitrogens with one attached hydrogen (secondary N) is 1. The highest BCUT2D eigenvalue weighted by atomic mass is 16.5. The predicted octanol–water partition coefficient (Wildman–Crippen LogP) is 3.24. The molecule has 4 aromatic rings. The Balaban J connectivity index is 1.42. The third kappa shape index (κ3) is 4.91. The van der Waals surface area contributed by atoms with Crippen molar-refractivity contribution in [2.75, 3.05) is 44.7 Å². The van der Waals surface area contributed by atoms with Crippen molar-refractivity contribution in [1.29, 1.82) is 0 Å². The molecule has 3 N–H and O–H groups in total. The molecule has 0 saturated carbocycles. The van der Waals surface area contributed by atoms with Crippen molar-refractivity contribution in [2.24, 2.45) is 5.73 Å². The zero-order valence-corrected chi connectivity index (χ0v) is 24.2. The number of aromatic nitrogens is 6. The van der Waals surface area contributed by atoms with Crippen molar-refractivity contribution in [2.45, 2.75) is 51.3 Å². The van der Waals surface area contributed by atoms with E-state index in [1.54, 1.807) is 27.7 Å². The molecule has 222 valence electrons. The number of methoxy groups -OCH3 is 3. The Morgan fingerprint density at radius 1 is 1.07 bits per heavy atom. The van der Waals surface area contributed by atoms with Crippen molar-refractivity contribution < 1.29 is 23.7 Å². The summed E-state index contributed by atoms with van der Waals surface area (Å²) in [6, 6.07) is 3.20. The molecule has 2 aliphatic rings. The van der Waals surface area contributed by atoms with E-state index in [0.29, 0.717) is 60.1 Å². The van der Waals surface area contributed by atoms with Crippen LogP contribution in [0.4, 0.5) is 17.6 Å². The Bertz CT molecular complexity index is 1590. The fourth-order valence-electron chi connectivity index (χ4n) is 5.70. The molecule has 1 unspecified atom stereocenters. The maximum Gasteiger partial charge on any atom is 0.240 e. The lowest BCUT2D eigenvalue weighted by Crippen LogP contribution is -2.41. The van der Waals surface area contributed by atoms with Gasteiger partial charge in [0.1, 0.15) is 24.0 Å². The summed E-state index contributed by atoms with van der Waals surface area (Å²) in [6.45, 7) is 3.22. The Hall–Kier alpha value is -4.59. The Morgan fingerprint density at radius 2 is 1.86 bits per heavy atom. The van der Waals surface area contributed by atoms with E-state index in [-0.39, 0.29) is 6.23 Å². The van der Waals surface area contributed by atoms with Gasteiger partial charge in [0, 0.05) is 25.3 Å². The number of amides is 1. The van der Waals surface area contributed by atoms with Crippen molar-refractivity contribution >= 4 is 34.5 Å². The molecule has 14 heteroatoms. The van der Waals surface area contributed by atoms with E-state index in [1.165, 1.54) is 0 Å². The molecule has 14 nitrogen and oxygen atoms in total. The number of carbonyl (C=O) groups is 1. The van der Waals surface area contributed by atoms with Gasteiger partial charge in [-0.15, -0.1) is 0 Å². The third-order valence-corrected chi connectivity index (χ3v) is 7.76. The standard InChI is InChI=1S/C28H35N9O5/c1-16-23-26(31-21-14-35(15-30-21)17-12-19(39-2)24(41-4)20(13-17)40-3)32-28(36-10-7-8-18(36)25(29)38)33-27(23)37(34-16)22-9-5-6-11-42-22/h12-15,18,22H,5-11H2,1-4H3,(H2,29,38)(H,31,32,33)/t18-,22?/m0/s1. The second kappa shape index (κ2) is 11.4. The molecular weight excluding hydrogens is 542 g/mol. The van der Waals surface area contributed by atoms with Gasteiger partial charge in [-0.25, -0.2) is 9.67 Å². The summed E-state index contributed by atoms with van der Waals surface area (Å²) in [7, 11) is 4.71. The summed E-state index contributed by atoms with van der Waals surface area (Å²) in [5.41, 5.74) is 7.89. The molecule has 42 heavy (non-hydrogen) atoms. The lowest BCUT2D eigenvalue weighted by Gasteiger charge is -2.25. The lowest BCUT2D eigenvalue weighted by molar-refractivity contribution is -0.119. The molecule has 2 aliphatic heterocycles. The monoisotopic (exact) mass is 577 g/mol. The van der Waals surface area contributed by atoms with Crippen molar-refractivity contribution in [3.8, 4) is 22.9 Å². The van der Waals surface area contributed by atoms with E-state index < -0.39 is 11.9 Å². The largest absolute Gasteiger partial charge is 0.493 e. The number of nitrogens with two attached hydrogens (primary N) is 1. The number of fused-ring (bicyclic) bond motifs is 1. The first-order valence-electron chi connectivity index (χ1n) is 14.0. The smallest absolute Gasteiger partial charge is 0.240 e. The summed E-state index contributed by atoms with van der Waals surface area (Å²) < 4.78 is 26.2. The Labute approximate surface area is 242 Å². The fraction of sp³-hybridized carbons (Fsp3) is 0.464. The number of aryl methyl sites for hydroxylation is 1. The van der Waals surface area contributed by atoms with Crippen LogP contribution in [-0.4, -0.2) is 75.7 Å². The third-order valence-electron chi connectivity index (χ3n) is 7.76. The van der Waals surface area contributed by atoms with Gasteiger partial charge in [-0.2, -0.15) is 15.1 Å². The number of primary amides is 1. The van der Waals surface area contributed by atoms with Crippen LogP contribution in [0.25, 0.3) is 16.7 Å². The molecule has 2 fully saturated rings. The molecule has 1 amide bonds. The van der Waals surface area contributed by atoms with Crippen LogP contribution < -0.4 is 30.2 Å². The molecule has 0 aliphatic carbocycles. The molecule has 0 spiro atoms. The van der Waals surface area contributed by atoms with Gasteiger partial charge in [-0.1, -0.05) is 0 Å². The van der Waals surface area contributed by atoms with Crippen molar-refractivity contribution in [3.05, 3.63) is 30.4 Å². The van der Waals surface area contributed by atoms with E-state index in [4.69, 9.17) is 39.7 Å². The normalized spacial score (nSPS) is 18.8. The van der Waals surface area contributed by atoms with Crippen molar-refractivity contribution in [3.63, 3.8) is 0 Å². The first kappa shape index (κ1) is 27.6. The van der Waals surface area contributed by atoms with Crippen LogP contribution in [0.3, 0.4) is 0 Å². The maximum atomic E-state index is 12.2. The quantitative estimate of drug-likeness (QED) is 0.301. The molecule has 1 aromatic carbocycles. The molecule has 2 atom stereocenters. The summed E-state index contributed by atoms with van der Waals surface area (Å²) >= 11 is 0. The van der Waals surface area contributed by atoms with Gasteiger partial charge >= 0.3 is 0 Å². The average Bonchev–Trinajstić information content (AvgIpc) is 3.76. The first-order valence-corrected chi connectivity index (χ1v) is 14.0. The summed E-state index contributed by atoms with van der Waals surface area (Å²) in [4.78, 5) is 28.5. The van der Waals surface area contributed by atoms with Gasteiger partial charge in [0.2, 0.25) is 17.6 Å². The zero-order valence-electron chi connectivity index (χ0n) is 24.2. The topological polar surface area (TPSA) is 157 Å². The first-order chi connectivity index (χ1) is 20.4. The number of hydrogen-bond acceptors (Lipinski definition) is 11. The summed E-state index contributed by atoms with van der Waals surface area (Å²) in [6.07, 6.45) is 7.66. The number of ether oxygens (including phenoxy) is 4. The van der Waals surface area contributed by atoms with Gasteiger partial charge in [0.05, 0.1) is 44.3 Å². The maximum absolute atomic E-state index is 12.2. The molecule has 6 rings (SSSR count). The van der Waals surface area contributed by atoms with Crippen LogP contribution in [0.5, 0.6) is 17.2 Å². The molecule has 3 aromatic heterocycles. The number of carbonyl (C=O) groups excluding carboxylic acids is 1. The molecular formula is C28H35N9O5. The van der Waals surface area contributed by atoms with E-state index in [1.807, 2.05) is 39.4 Å². The Morgan fingerprint density at radius 3 is 2.52 bits per heavy atom. The highest BCUT2D eigenvalue weighted by Crippen LogP contribution is 2.40. The predicted molar refractivity (Wildman–Crippen MR) is 155 cm³/mol. The van der Waals surface area contributed by atoms with Gasteiger partial charge in [0.25, 0.3) is 0 Å². The second-order valence-electron chi connectivity index (χ2n) is 10.4. The van der Waals surface area contributed by atoms with Gasteiger partial charge < -0.3 is 39.5 Å². The van der Waals surface area contributed by atoms with Crippen LogP contribution in [0.2, 0.25) is 0 Å². The number of nitrogens with zero attached hydrogens (tertiary/aromatic N) is 7. The van der Waals surface area contributed by atoms with E-state index in [9.17, 15) is 4.79 Å². The Kier molecular flexibility index (Phi) is 7.45. The van der Waals surface area contributed by atoms with E-state index in [0.717, 1.165) is 42.5 Å². The second-order valence-corrected chi connectivity index (χ2v) is 10.4. The number of rotatable bonds is 9. The molecule has 0 bridgehead atoms. The number of benzene rings is 1. The van der Waals surface area contributed by atoms with Crippen LogP contribution in [0.15, 0.2) is 24.7 Å². The van der Waals surface area contributed by atoms with Crippen LogP contribution in [-0.2, 0) is 9.53 Å². The minimum absolute atomic E-state index is 0.227.